The lowest BCUT2D eigenvalue weighted by atomic mass is 10.1. The Morgan fingerprint density at radius 2 is 1.77 bits per heavy atom. The third kappa shape index (κ3) is 2.29. The molecule has 1 saturated carbocycles. The molecule has 1 heterocycles. The van der Waals surface area contributed by atoms with E-state index in [-0.39, 0.29) is 28.4 Å². The van der Waals surface area contributed by atoms with E-state index in [0.29, 0.717) is 5.69 Å². The average Bonchev–Trinajstić information content (AvgIpc) is 3.25. The second-order valence-electron chi connectivity index (χ2n) is 5.00. The molecule has 0 saturated heterocycles. The maximum absolute atomic E-state index is 11.2. The molecule has 1 aliphatic rings. The Bertz CT molecular complexity index is 798. The number of nitriles is 1. The highest BCUT2D eigenvalue weighted by Crippen LogP contribution is 2.41. The van der Waals surface area contributed by atoms with Crippen molar-refractivity contribution in [2.45, 2.75) is 18.8 Å². The van der Waals surface area contributed by atoms with Gasteiger partial charge in [0, 0.05) is 5.92 Å². The van der Waals surface area contributed by atoms with Crippen LogP contribution in [0.3, 0.4) is 0 Å². The molecule has 1 fully saturated rings. The second kappa shape index (κ2) is 4.96. The van der Waals surface area contributed by atoms with Crippen LogP contribution < -0.4 is 0 Å². The molecule has 0 aliphatic heterocycles. The van der Waals surface area contributed by atoms with Crippen molar-refractivity contribution in [3.63, 3.8) is 0 Å². The molecule has 1 aliphatic carbocycles. The predicted molar refractivity (Wildman–Crippen MR) is 72.0 cm³/mol. The molecule has 8 heteroatoms. The summed E-state index contributed by atoms with van der Waals surface area (Å²) in [6.45, 7) is 0. The van der Waals surface area contributed by atoms with E-state index in [2.05, 4.69) is 10.3 Å². The number of aromatic carboxylic acids is 2. The molecule has 8 nitrogen and oxygen atoms in total. The van der Waals surface area contributed by atoms with Gasteiger partial charge in [0.2, 0.25) is 0 Å². The fourth-order valence-corrected chi connectivity index (χ4v) is 2.26. The van der Waals surface area contributed by atoms with Crippen LogP contribution in [-0.4, -0.2) is 37.1 Å². The van der Waals surface area contributed by atoms with Gasteiger partial charge in [-0.15, -0.1) is 5.10 Å². The number of aromatic nitrogens is 3. The molecule has 0 amide bonds. The van der Waals surface area contributed by atoms with Crippen molar-refractivity contribution in [1.82, 2.24) is 15.0 Å². The van der Waals surface area contributed by atoms with Crippen LogP contribution in [0.15, 0.2) is 18.2 Å². The largest absolute Gasteiger partial charge is 0.478 e. The predicted octanol–water partition coefficient (Wildman–Crippen LogP) is 1.41. The molecular weight excluding hydrogens is 288 g/mol. The number of carbonyl (C=O) groups is 2. The quantitative estimate of drug-likeness (QED) is 0.872. The van der Waals surface area contributed by atoms with Crippen LogP contribution in [0.4, 0.5) is 0 Å². The first kappa shape index (κ1) is 13.8. The van der Waals surface area contributed by atoms with Crippen molar-refractivity contribution in [2.75, 3.05) is 0 Å². The zero-order valence-electron chi connectivity index (χ0n) is 11.2. The first-order chi connectivity index (χ1) is 10.5. The van der Waals surface area contributed by atoms with Crippen molar-refractivity contribution in [3.05, 3.63) is 40.7 Å². The summed E-state index contributed by atoms with van der Waals surface area (Å²) in [4.78, 5) is 22.3. The van der Waals surface area contributed by atoms with Crippen LogP contribution in [0.5, 0.6) is 0 Å². The number of hydrogen-bond donors (Lipinski definition) is 2. The highest BCUT2D eigenvalue weighted by molar-refractivity contribution is 5.94. The monoisotopic (exact) mass is 298 g/mol. The van der Waals surface area contributed by atoms with Crippen molar-refractivity contribution < 1.29 is 19.8 Å². The normalized spacial score (nSPS) is 13.6. The second-order valence-corrected chi connectivity index (χ2v) is 5.00. The Morgan fingerprint density at radius 3 is 2.23 bits per heavy atom. The zero-order chi connectivity index (χ0) is 15.9. The third-order valence-electron chi connectivity index (χ3n) is 3.43. The van der Waals surface area contributed by atoms with Crippen molar-refractivity contribution >= 4 is 11.9 Å². The average molecular weight is 298 g/mol. The summed E-state index contributed by atoms with van der Waals surface area (Å²) in [7, 11) is 0. The Labute approximate surface area is 124 Å². The maximum Gasteiger partial charge on any atom is 0.335 e. The van der Waals surface area contributed by atoms with E-state index in [1.54, 1.807) is 0 Å². The molecule has 0 bridgehead atoms. The van der Waals surface area contributed by atoms with Gasteiger partial charge in [0.05, 0.1) is 22.5 Å². The summed E-state index contributed by atoms with van der Waals surface area (Å²) in [6, 6.07) is 5.66. The number of nitrogens with zero attached hydrogens (tertiary/aromatic N) is 4. The molecule has 0 spiro atoms. The van der Waals surface area contributed by atoms with Gasteiger partial charge in [-0.25, -0.2) is 14.3 Å². The fraction of sp³-hybridized carbons (Fsp3) is 0.214. The fourth-order valence-electron chi connectivity index (χ4n) is 2.26. The smallest absolute Gasteiger partial charge is 0.335 e. The summed E-state index contributed by atoms with van der Waals surface area (Å²) < 4.78 is 1.36. The van der Waals surface area contributed by atoms with Gasteiger partial charge in [-0.3, -0.25) is 0 Å². The molecule has 3 rings (SSSR count). The summed E-state index contributed by atoms with van der Waals surface area (Å²) in [6.07, 6.45) is 1.79. The van der Waals surface area contributed by atoms with E-state index >= 15 is 0 Å². The van der Waals surface area contributed by atoms with Crippen LogP contribution in [0, 0.1) is 11.3 Å². The van der Waals surface area contributed by atoms with Gasteiger partial charge < -0.3 is 10.2 Å². The molecular formula is C14H10N4O4. The third-order valence-corrected chi connectivity index (χ3v) is 3.43. The maximum atomic E-state index is 11.2. The summed E-state index contributed by atoms with van der Waals surface area (Å²) >= 11 is 0. The van der Waals surface area contributed by atoms with E-state index in [0.717, 1.165) is 18.9 Å². The van der Waals surface area contributed by atoms with Gasteiger partial charge in [-0.05, 0) is 31.0 Å². The lowest BCUT2D eigenvalue weighted by Gasteiger charge is -2.08. The number of carboxylic acids is 2. The van der Waals surface area contributed by atoms with Crippen LogP contribution in [0.2, 0.25) is 0 Å². The lowest BCUT2D eigenvalue weighted by molar-refractivity contribution is 0.0696. The Hall–Kier alpha value is -3.21. The minimum absolute atomic E-state index is 0.145. The molecule has 2 N–H and O–H groups in total. The van der Waals surface area contributed by atoms with E-state index in [4.69, 9.17) is 15.5 Å². The molecule has 0 radical (unpaired) electrons. The van der Waals surface area contributed by atoms with Crippen molar-refractivity contribution in [2.24, 2.45) is 0 Å². The molecule has 2 aromatic rings. The van der Waals surface area contributed by atoms with E-state index in [1.807, 2.05) is 6.07 Å². The number of rotatable bonds is 4. The van der Waals surface area contributed by atoms with Gasteiger partial charge >= 0.3 is 11.9 Å². The minimum atomic E-state index is -1.24. The summed E-state index contributed by atoms with van der Waals surface area (Å²) in [5.41, 5.74) is 0.728. The number of hydrogen-bond acceptors (Lipinski definition) is 5. The Morgan fingerprint density at radius 1 is 1.18 bits per heavy atom. The van der Waals surface area contributed by atoms with Crippen LogP contribution in [-0.2, 0) is 0 Å². The van der Waals surface area contributed by atoms with Crippen molar-refractivity contribution in [1.29, 1.82) is 5.26 Å². The Balaban J connectivity index is 2.20. The molecule has 110 valence electrons. The minimum Gasteiger partial charge on any atom is -0.478 e. The summed E-state index contributed by atoms with van der Waals surface area (Å²) in [5, 5.41) is 35.0. The molecule has 22 heavy (non-hydrogen) atoms. The first-order valence-electron chi connectivity index (χ1n) is 6.49. The molecule has 0 unspecified atom stereocenters. The van der Waals surface area contributed by atoms with Gasteiger partial charge in [-0.1, -0.05) is 5.21 Å². The van der Waals surface area contributed by atoms with E-state index in [9.17, 15) is 9.59 Å². The van der Waals surface area contributed by atoms with Crippen LogP contribution in [0.1, 0.15) is 50.9 Å². The van der Waals surface area contributed by atoms with Gasteiger partial charge in [0.15, 0.2) is 5.69 Å². The highest BCUT2D eigenvalue weighted by Gasteiger charge is 2.32. The zero-order valence-corrected chi connectivity index (χ0v) is 11.2. The van der Waals surface area contributed by atoms with Crippen LogP contribution in [0.25, 0.3) is 5.69 Å². The molecule has 0 atom stereocenters. The van der Waals surface area contributed by atoms with Gasteiger partial charge in [0.25, 0.3) is 0 Å². The van der Waals surface area contributed by atoms with Gasteiger partial charge in [0.1, 0.15) is 6.07 Å². The standard InChI is InChI=1S/C14H10N4O4/c15-6-11-12(7-1-2-7)18(17-16-11)10-4-8(13(19)20)3-9(5-10)14(21)22/h3-5,7H,1-2H2,(H,19,20)(H,21,22). The lowest BCUT2D eigenvalue weighted by Crippen LogP contribution is -2.08. The topological polar surface area (TPSA) is 129 Å². The van der Waals surface area contributed by atoms with E-state index < -0.39 is 11.9 Å². The molecule has 1 aromatic carbocycles. The first-order valence-corrected chi connectivity index (χ1v) is 6.49. The van der Waals surface area contributed by atoms with Crippen molar-refractivity contribution in [3.8, 4) is 11.8 Å². The van der Waals surface area contributed by atoms with Gasteiger partial charge in [-0.2, -0.15) is 5.26 Å². The molecule has 1 aromatic heterocycles. The number of benzene rings is 1. The Kier molecular flexibility index (Phi) is 3.10. The SMILES string of the molecule is N#Cc1nnn(-c2cc(C(=O)O)cc(C(=O)O)c2)c1C1CC1. The highest BCUT2D eigenvalue weighted by atomic mass is 16.4. The van der Waals surface area contributed by atoms with E-state index in [1.165, 1.54) is 16.8 Å². The van der Waals surface area contributed by atoms with Crippen LogP contribution >= 0.6 is 0 Å². The number of carboxylic acid groups (broad SMARTS) is 2. The summed E-state index contributed by atoms with van der Waals surface area (Å²) in [5.74, 6) is -2.33.